The van der Waals surface area contributed by atoms with Crippen LogP contribution in [-0.4, -0.2) is 257 Å². The van der Waals surface area contributed by atoms with Crippen LogP contribution in [0.25, 0.3) is 0 Å². The van der Waals surface area contributed by atoms with Gasteiger partial charge in [0.25, 0.3) is 0 Å². The lowest BCUT2D eigenvalue weighted by Crippen LogP contribution is -2.65. The van der Waals surface area contributed by atoms with Gasteiger partial charge in [0.1, 0.15) is 66.2 Å². The first-order valence-corrected chi connectivity index (χ1v) is 36.2. The molecule has 3 aliphatic rings. The Morgan fingerprint density at radius 2 is 1.22 bits per heavy atom. The van der Waals surface area contributed by atoms with Crippen molar-refractivity contribution in [2.45, 2.75) is 212 Å². The lowest BCUT2D eigenvalue weighted by atomic mass is 9.95. The van der Waals surface area contributed by atoms with Gasteiger partial charge in [-0.25, -0.2) is 0 Å². The van der Waals surface area contributed by atoms with E-state index in [0.29, 0.717) is 62.1 Å². The van der Waals surface area contributed by atoms with E-state index in [1.807, 2.05) is 33.8 Å². The molecule has 0 aromatic heterocycles. The Kier molecular flexibility index (Phi) is 32.1. The van der Waals surface area contributed by atoms with Crippen molar-refractivity contribution in [1.82, 2.24) is 60.5 Å². The van der Waals surface area contributed by atoms with Crippen LogP contribution in [0.5, 0.6) is 5.75 Å². The van der Waals surface area contributed by atoms with Crippen LogP contribution in [0.4, 0.5) is 0 Å². The highest BCUT2D eigenvalue weighted by atomic mass is 127. The number of rotatable bonds is 18. The zero-order chi connectivity index (χ0) is 74.6. The largest absolute Gasteiger partial charge is 0.497 e. The molecule has 100 heavy (non-hydrogen) atoms. The van der Waals surface area contributed by atoms with Gasteiger partial charge in [0.2, 0.25) is 70.9 Å². The molecule has 2 aromatic rings. The molecule has 0 aliphatic carbocycles. The molecule has 3 aliphatic heterocycles. The van der Waals surface area contributed by atoms with E-state index in [-0.39, 0.29) is 56.9 Å². The second-order valence-corrected chi connectivity index (χ2v) is 29.2. The maximum atomic E-state index is 15.2. The van der Waals surface area contributed by atoms with Crippen molar-refractivity contribution in [3.8, 4) is 5.75 Å². The molecule has 0 saturated carbocycles. The molecule has 0 bridgehead atoms. The van der Waals surface area contributed by atoms with E-state index < -0.39 is 169 Å². The SMILES string of the molecule is CCCC[C@@H]1NC(=O)[C@H](Cc2cccc(I)c2)NC(=O)CN(C)C(=O)[C@H](Cc2ccc(OC)cc2)N(C)C(=O)[C@@H]2CCN2C(=O)[C@H](C)N(C)C(=O)[C@H]([C@@H](C)CC)NC(=O)[C@@H](CC(C)C)N(C)C(=O)C[C@@H](C(=O)N2CCCCC2)N(C)C(=O)[C@H](CC(C)C)NC(=O)[C@H](CCC(=O)O)N(C)C1=O. The number of amides is 12. The van der Waals surface area contributed by atoms with Gasteiger partial charge in [-0.15, -0.1) is 0 Å². The van der Waals surface area contributed by atoms with Gasteiger partial charge < -0.3 is 70.3 Å². The van der Waals surface area contributed by atoms with E-state index in [1.54, 1.807) is 68.1 Å². The normalized spacial score (nSPS) is 25.3. The summed E-state index contributed by atoms with van der Waals surface area (Å²) in [7, 11) is 9.78. The van der Waals surface area contributed by atoms with Gasteiger partial charge in [-0.05, 0) is 134 Å². The lowest BCUT2D eigenvalue weighted by Gasteiger charge is -2.45. The number of carbonyl (C=O) groups is 13. The maximum Gasteiger partial charge on any atom is 0.303 e. The molecular formula is C72H109IN12O15. The van der Waals surface area contributed by atoms with Gasteiger partial charge in [-0.1, -0.05) is 92.0 Å². The predicted molar refractivity (Wildman–Crippen MR) is 383 cm³/mol. The first-order valence-electron chi connectivity index (χ1n) is 35.1. The molecular weight excluding hydrogens is 1400 g/mol. The molecule has 5 rings (SSSR count). The topological polar surface area (TPSA) is 325 Å². The predicted octanol–water partition coefficient (Wildman–Crippen LogP) is 3.85. The molecule has 11 atom stereocenters. The number of nitrogens with one attached hydrogen (secondary N) is 4. The van der Waals surface area contributed by atoms with Crippen molar-refractivity contribution in [2.75, 3.05) is 75.6 Å². The minimum atomic E-state index is -1.56. The number of carboxylic acid groups (broad SMARTS) is 1. The molecule has 27 nitrogen and oxygen atoms in total. The average Bonchev–Trinajstić information content (AvgIpc) is 0.783. The van der Waals surface area contributed by atoms with Gasteiger partial charge >= 0.3 is 5.97 Å². The average molecular weight is 1510 g/mol. The van der Waals surface area contributed by atoms with Crippen molar-refractivity contribution in [2.24, 2.45) is 17.8 Å². The smallest absolute Gasteiger partial charge is 0.303 e. The quantitative estimate of drug-likeness (QED) is 0.132. The summed E-state index contributed by atoms with van der Waals surface area (Å²) >= 11 is 2.11. The number of unbranched alkanes of at least 4 members (excludes halogenated alkanes) is 1. The number of aliphatic carboxylic acids is 1. The van der Waals surface area contributed by atoms with Gasteiger partial charge in [-0.3, -0.25) is 62.3 Å². The highest BCUT2D eigenvalue weighted by Gasteiger charge is 2.47. The number of ether oxygens (including phenoxy) is 1. The van der Waals surface area contributed by atoms with Crippen LogP contribution in [0.1, 0.15) is 150 Å². The lowest BCUT2D eigenvalue weighted by molar-refractivity contribution is -0.160. The fraction of sp³-hybridized carbons (Fsp3) is 0.653. The Bertz CT molecular complexity index is 3220. The van der Waals surface area contributed by atoms with E-state index in [1.165, 1.54) is 75.9 Å². The summed E-state index contributed by atoms with van der Waals surface area (Å²) in [5.74, 6) is -10.3. The highest BCUT2D eigenvalue weighted by Crippen LogP contribution is 2.27. The third-order valence-electron chi connectivity index (χ3n) is 19.6. The van der Waals surface area contributed by atoms with Crippen molar-refractivity contribution in [3.63, 3.8) is 0 Å². The van der Waals surface area contributed by atoms with Crippen molar-refractivity contribution >= 4 is 99.4 Å². The molecule has 0 spiro atoms. The number of halogens is 1. The van der Waals surface area contributed by atoms with E-state index in [4.69, 9.17) is 4.74 Å². The molecule has 3 saturated heterocycles. The van der Waals surface area contributed by atoms with Crippen LogP contribution in [0.3, 0.4) is 0 Å². The number of hydrogen-bond donors (Lipinski definition) is 5. The summed E-state index contributed by atoms with van der Waals surface area (Å²) in [5.41, 5.74) is 1.24. The van der Waals surface area contributed by atoms with Crippen molar-refractivity contribution in [1.29, 1.82) is 0 Å². The molecule has 5 N–H and O–H groups in total. The van der Waals surface area contributed by atoms with Crippen LogP contribution < -0.4 is 26.0 Å². The Morgan fingerprint density at radius 3 is 1.79 bits per heavy atom. The zero-order valence-corrected chi connectivity index (χ0v) is 63.3. The number of carbonyl (C=O) groups excluding carboxylic acids is 12. The number of piperidine rings is 1. The molecule has 3 heterocycles. The molecule has 554 valence electrons. The number of benzene rings is 2. The van der Waals surface area contributed by atoms with E-state index in [0.717, 1.165) is 24.7 Å². The molecule has 12 amide bonds. The first kappa shape index (κ1) is 82.7. The standard InChI is InChI=1S/C72H109IN12O15/c1-16-18-25-51-67(94)81(12)54(30-31-61(88)89)64(91)76-53(36-43(3)4)68(95)82(13)58(71(98)84-33-20-19-21-34-84)41-60(87)80(11)56(37-44(5)6)65(92)77-62(45(7)17-2)72(99)79(10)46(8)66(93)85-35-32-55(85)70(97)83(14)57(40-47-26-28-50(100-15)29-27-47)69(96)78(9)42-59(86)74-52(63(90)75-51)39-48-23-22-24-49(73)38-48/h22-24,26-29,38,43-46,51-58,62H,16-21,25,30-37,39-42H2,1-15H3,(H,74,86)(H,75,90)(H,76,91)(H,77,92)(H,88,89)/t45-,46-,51-,52-,53-,54-,55-,56+,57-,58-,62-/m0/s1. The Labute approximate surface area is 603 Å². The van der Waals surface area contributed by atoms with Crippen molar-refractivity contribution in [3.05, 3.63) is 63.2 Å². The molecule has 3 fully saturated rings. The van der Waals surface area contributed by atoms with Gasteiger partial charge in [0, 0.05) is 84.8 Å². The summed E-state index contributed by atoms with van der Waals surface area (Å²) in [5, 5.41) is 21.4. The number of carboxylic acids is 1. The summed E-state index contributed by atoms with van der Waals surface area (Å²) in [6, 6.07) is 0.845. The minimum Gasteiger partial charge on any atom is -0.497 e. The number of fused-ring (bicyclic) bond motifs is 1. The molecule has 2 aromatic carbocycles. The van der Waals surface area contributed by atoms with Crippen LogP contribution in [0.15, 0.2) is 48.5 Å². The zero-order valence-electron chi connectivity index (χ0n) is 61.2. The third kappa shape index (κ3) is 22.5. The third-order valence-corrected chi connectivity index (χ3v) is 20.3. The molecule has 0 radical (unpaired) electrons. The van der Waals surface area contributed by atoms with Crippen molar-refractivity contribution < 1.29 is 72.2 Å². The second kappa shape index (κ2) is 38.8. The summed E-state index contributed by atoms with van der Waals surface area (Å²) in [4.78, 5) is 201. The van der Waals surface area contributed by atoms with Crippen LogP contribution in [0, 0.1) is 21.3 Å². The van der Waals surface area contributed by atoms with Crippen LogP contribution in [0.2, 0.25) is 0 Å². The second-order valence-electron chi connectivity index (χ2n) is 28.0. The van der Waals surface area contributed by atoms with Gasteiger partial charge in [-0.2, -0.15) is 0 Å². The number of likely N-dealkylation sites (N-methyl/N-ethyl adjacent to an activating group) is 6. The van der Waals surface area contributed by atoms with E-state index >= 15 is 9.59 Å². The molecule has 0 unspecified atom stereocenters. The highest BCUT2D eigenvalue weighted by molar-refractivity contribution is 14.1. The fourth-order valence-corrected chi connectivity index (χ4v) is 13.5. The fourth-order valence-electron chi connectivity index (χ4n) is 12.9. The summed E-state index contributed by atoms with van der Waals surface area (Å²) in [6.07, 6.45) is 1.99. The van der Waals surface area contributed by atoms with E-state index in [9.17, 15) is 57.8 Å². The Balaban J connectivity index is 1.67. The van der Waals surface area contributed by atoms with E-state index in [2.05, 4.69) is 43.9 Å². The number of nitrogens with zero attached hydrogens (tertiary/aromatic N) is 8. The number of likely N-dealkylation sites (tertiary alicyclic amines) is 1. The summed E-state index contributed by atoms with van der Waals surface area (Å²) in [6.45, 7) is 14.4. The minimum absolute atomic E-state index is 0.0159. The van der Waals surface area contributed by atoms with Gasteiger partial charge in [0.15, 0.2) is 0 Å². The Hall–Kier alpha value is -7.92. The summed E-state index contributed by atoms with van der Waals surface area (Å²) < 4.78 is 6.19. The number of hydrogen-bond acceptors (Lipinski definition) is 14. The van der Waals surface area contributed by atoms with Crippen LogP contribution >= 0.6 is 22.6 Å². The van der Waals surface area contributed by atoms with Crippen LogP contribution in [-0.2, 0) is 75.2 Å². The number of methoxy groups -OCH3 is 1. The molecule has 28 heteroatoms. The first-order chi connectivity index (χ1) is 47.1. The maximum absolute atomic E-state index is 15.2. The van der Waals surface area contributed by atoms with Gasteiger partial charge in [0.05, 0.1) is 20.1 Å². The monoisotopic (exact) mass is 1510 g/mol. The Morgan fingerprint density at radius 1 is 0.610 bits per heavy atom.